The van der Waals surface area contributed by atoms with Gasteiger partial charge in [-0.15, -0.1) is 0 Å². The third-order valence-electron chi connectivity index (χ3n) is 8.42. The molecule has 4 rings (SSSR count). The molecule has 1 aromatic heterocycles. The Morgan fingerprint density at radius 1 is 0.906 bits per heavy atom. The van der Waals surface area contributed by atoms with Crippen molar-refractivity contribution < 1.29 is 33.2 Å². The molecule has 3 aromatic rings. The molecule has 0 spiro atoms. The summed E-state index contributed by atoms with van der Waals surface area (Å²) in [6.45, 7) is -0.803. The Kier molecular flexibility index (Phi) is 14.0. The zero-order valence-electron chi connectivity index (χ0n) is 28.8. The van der Waals surface area contributed by atoms with Crippen LogP contribution in [-0.4, -0.2) is 102 Å². The Hall–Kier alpha value is -6.30. The first-order valence-electron chi connectivity index (χ1n) is 16.8. The van der Waals surface area contributed by atoms with E-state index in [1.807, 2.05) is 24.3 Å². The maximum Gasteiger partial charge on any atom is 0.247 e. The standard InChI is InChI=1S/C35H44FN11O6/c36-22-11-9-20(10-12-22)15-24(37)34(53)47-14-4-8-28(47)33(52)46-26(7-3-13-41-35(39)40)32(51)44-18-29(48)43-19-30(49)45-27(31(38)50)16-21-17-42-25-6-2-1-5-23(21)25/h1-2,4-6,8-12,17,24,26-28,42H,3,7,13-16,18-19,37H2,(H2,38,50)(H,43,48)(H,44,51)(H,45,49)(H,46,52)(H4,39,40,41)/t24-,26-,27-,28-/m0/s1. The molecule has 2 aromatic carbocycles. The predicted octanol–water partition coefficient (Wildman–Crippen LogP) is -2.07. The van der Waals surface area contributed by atoms with E-state index in [2.05, 4.69) is 31.2 Å². The summed E-state index contributed by atoms with van der Waals surface area (Å²) in [5.41, 5.74) is 24.7. The van der Waals surface area contributed by atoms with E-state index in [0.717, 1.165) is 16.5 Å². The highest BCUT2D eigenvalue weighted by atomic mass is 19.1. The quantitative estimate of drug-likeness (QED) is 0.0300. The van der Waals surface area contributed by atoms with Gasteiger partial charge in [-0.05, 0) is 48.6 Å². The van der Waals surface area contributed by atoms with Crippen LogP contribution < -0.4 is 44.2 Å². The fourth-order valence-corrected chi connectivity index (χ4v) is 5.70. The summed E-state index contributed by atoms with van der Waals surface area (Å²) in [7, 11) is 0. The molecule has 13 N–H and O–H groups in total. The minimum absolute atomic E-state index is 0.0672. The minimum atomic E-state index is -1.16. The van der Waals surface area contributed by atoms with E-state index < -0.39 is 78.5 Å². The molecule has 0 saturated heterocycles. The number of aromatic nitrogens is 1. The fraction of sp³-hybridized carbons (Fsp3) is 0.343. The molecule has 282 valence electrons. The number of nitrogens with two attached hydrogens (primary N) is 4. The van der Waals surface area contributed by atoms with Crippen LogP contribution in [-0.2, 0) is 41.6 Å². The lowest BCUT2D eigenvalue weighted by Gasteiger charge is -2.28. The Balaban J connectivity index is 1.29. The van der Waals surface area contributed by atoms with Gasteiger partial charge >= 0.3 is 0 Å². The van der Waals surface area contributed by atoms with E-state index in [0.29, 0.717) is 5.56 Å². The maximum atomic E-state index is 13.4. The van der Waals surface area contributed by atoms with Crippen LogP contribution in [0.15, 0.2) is 71.9 Å². The lowest BCUT2D eigenvalue weighted by atomic mass is 10.0. The van der Waals surface area contributed by atoms with Crippen molar-refractivity contribution in [1.29, 1.82) is 0 Å². The highest BCUT2D eigenvalue weighted by Gasteiger charge is 2.35. The van der Waals surface area contributed by atoms with E-state index in [4.69, 9.17) is 22.9 Å². The second-order valence-electron chi connectivity index (χ2n) is 12.4. The van der Waals surface area contributed by atoms with Crippen LogP contribution in [0.1, 0.15) is 24.0 Å². The summed E-state index contributed by atoms with van der Waals surface area (Å²) in [5.74, 6) is -4.65. The van der Waals surface area contributed by atoms with Crippen molar-refractivity contribution in [3.05, 3.63) is 83.8 Å². The van der Waals surface area contributed by atoms with Crippen molar-refractivity contribution in [1.82, 2.24) is 31.2 Å². The van der Waals surface area contributed by atoms with Crippen molar-refractivity contribution in [2.24, 2.45) is 27.9 Å². The molecule has 0 saturated carbocycles. The lowest BCUT2D eigenvalue weighted by molar-refractivity contribution is -0.139. The third kappa shape index (κ3) is 11.6. The Labute approximate surface area is 304 Å². The van der Waals surface area contributed by atoms with Gasteiger partial charge in [-0.2, -0.15) is 0 Å². The first kappa shape index (κ1) is 39.5. The molecule has 0 unspecified atom stereocenters. The summed E-state index contributed by atoms with van der Waals surface area (Å²) in [5, 5.41) is 10.8. The average molecular weight is 734 g/mol. The monoisotopic (exact) mass is 733 g/mol. The molecule has 4 atom stereocenters. The zero-order chi connectivity index (χ0) is 38.5. The molecule has 0 radical (unpaired) electrons. The van der Waals surface area contributed by atoms with Crippen molar-refractivity contribution in [2.45, 2.75) is 49.9 Å². The largest absolute Gasteiger partial charge is 0.370 e. The maximum absolute atomic E-state index is 13.4. The summed E-state index contributed by atoms with van der Waals surface area (Å²) in [6, 6.07) is 8.69. The van der Waals surface area contributed by atoms with E-state index in [1.165, 1.54) is 35.2 Å². The Morgan fingerprint density at radius 2 is 1.62 bits per heavy atom. The number of amides is 6. The van der Waals surface area contributed by atoms with Gasteiger partial charge < -0.3 is 54.1 Å². The number of aromatic amines is 1. The number of nitrogens with zero attached hydrogens (tertiary/aromatic N) is 2. The number of H-pyrrole nitrogens is 1. The number of guanidine groups is 1. The predicted molar refractivity (Wildman–Crippen MR) is 194 cm³/mol. The van der Waals surface area contributed by atoms with Gasteiger partial charge in [0.1, 0.15) is 23.9 Å². The normalized spacial score (nSPS) is 15.2. The van der Waals surface area contributed by atoms with E-state index >= 15 is 0 Å². The van der Waals surface area contributed by atoms with Crippen molar-refractivity contribution >= 4 is 52.3 Å². The second-order valence-corrected chi connectivity index (χ2v) is 12.4. The number of primary amides is 1. The summed E-state index contributed by atoms with van der Waals surface area (Å²) < 4.78 is 13.3. The van der Waals surface area contributed by atoms with Gasteiger partial charge in [0.25, 0.3) is 0 Å². The number of aliphatic imine (C=N–C) groups is 1. The molecule has 0 fully saturated rings. The van der Waals surface area contributed by atoms with Crippen LogP contribution in [0, 0.1) is 5.82 Å². The number of rotatable bonds is 18. The van der Waals surface area contributed by atoms with Crippen molar-refractivity contribution in [2.75, 3.05) is 26.2 Å². The summed E-state index contributed by atoms with van der Waals surface area (Å²) in [4.78, 5) is 85.3. The van der Waals surface area contributed by atoms with Crippen LogP contribution in [0.25, 0.3) is 10.9 Å². The Bertz CT molecular complexity index is 1860. The van der Waals surface area contributed by atoms with Crippen molar-refractivity contribution in [3.63, 3.8) is 0 Å². The molecule has 2 heterocycles. The number of hydrogen-bond acceptors (Lipinski definition) is 8. The van der Waals surface area contributed by atoms with E-state index in [-0.39, 0.29) is 44.7 Å². The SMILES string of the molecule is NC(=O)[C@H](Cc1c[nH]c2ccccc12)NC(=O)CNC(=O)CNC(=O)[C@H](CCCN=C(N)N)NC(=O)[C@@H]1C=CCN1C(=O)[C@@H](N)Cc1ccc(F)cc1. The molecular formula is C35H44FN11O6. The lowest BCUT2D eigenvalue weighted by Crippen LogP contribution is -2.56. The van der Waals surface area contributed by atoms with Crippen LogP contribution in [0.3, 0.4) is 0 Å². The fourth-order valence-electron chi connectivity index (χ4n) is 5.70. The van der Waals surface area contributed by atoms with E-state index in [9.17, 15) is 33.2 Å². The van der Waals surface area contributed by atoms with Gasteiger partial charge in [0.2, 0.25) is 35.4 Å². The molecule has 18 heteroatoms. The van der Waals surface area contributed by atoms with Crippen LogP contribution >= 0.6 is 0 Å². The topological polar surface area (TPSA) is 286 Å². The second kappa shape index (κ2) is 18.8. The highest BCUT2D eigenvalue weighted by Crippen LogP contribution is 2.19. The molecule has 1 aliphatic heterocycles. The molecule has 53 heavy (non-hydrogen) atoms. The van der Waals surface area contributed by atoms with Crippen LogP contribution in [0.5, 0.6) is 0 Å². The number of para-hydroxylation sites is 1. The first-order chi connectivity index (χ1) is 25.3. The van der Waals surface area contributed by atoms with Crippen molar-refractivity contribution in [3.8, 4) is 0 Å². The van der Waals surface area contributed by atoms with Crippen LogP contribution in [0.4, 0.5) is 4.39 Å². The molecule has 0 bridgehead atoms. The number of carbonyl (C=O) groups is 6. The van der Waals surface area contributed by atoms with Crippen LogP contribution in [0.2, 0.25) is 0 Å². The third-order valence-corrected chi connectivity index (χ3v) is 8.42. The number of nitrogens with one attached hydrogen (secondary N) is 5. The summed E-state index contributed by atoms with van der Waals surface area (Å²) in [6.07, 6.45) is 5.42. The molecule has 6 amide bonds. The van der Waals surface area contributed by atoms with Gasteiger partial charge in [-0.3, -0.25) is 33.8 Å². The first-order valence-corrected chi connectivity index (χ1v) is 16.8. The highest BCUT2D eigenvalue weighted by molar-refractivity contribution is 5.96. The van der Waals surface area contributed by atoms with Gasteiger partial charge in [-0.25, -0.2) is 4.39 Å². The van der Waals surface area contributed by atoms with Gasteiger partial charge in [0, 0.05) is 36.6 Å². The smallest absolute Gasteiger partial charge is 0.247 e. The molecule has 17 nitrogen and oxygen atoms in total. The molecule has 0 aliphatic carbocycles. The number of hydrogen-bond donors (Lipinski definition) is 9. The molecular weight excluding hydrogens is 689 g/mol. The zero-order valence-corrected chi connectivity index (χ0v) is 28.8. The summed E-state index contributed by atoms with van der Waals surface area (Å²) >= 11 is 0. The average Bonchev–Trinajstić information content (AvgIpc) is 3.79. The number of carbonyl (C=O) groups excluding carboxylic acids is 6. The minimum Gasteiger partial charge on any atom is -0.370 e. The van der Waals surface area contributed by atoms with Gasteiger partial charge in [0.15, 0.2) is 5.96 Å². The number of benzene rings is 2. The number of halogens is 1. The van der Waals surface area contributed by atoms with Gasteiger partial charge in [0.05, 0.1) is 19.1 Å². The molecule has 1 aliphatic rings. The Morgan fingerprint density at radius 3 is 2.34 bits per heavy atom. The van der Waals surface area contributed by atoms with E-state index in [1.54, 1.807) is 12.3 Å². The number of fused-ring (bicyclic) bond motifs is 1. The van der Waals surface area contributed by atoms with Gasteiger partial charge in [-0.1, -0.05) is 42.5 Å².